The molecule has 0 saturated carbocycles. The molecule has 1 atom stereocenters. The van der Waals surface area contributed by atoms with Gasteiger partial charge in [-0.25, -0.2) is 9.18 Å². The lowest BCUT2D eigenvalue weighted by atomic mass is 10.6. The van der Waals surface area contributed by atoms with Crippen LogP contribution in [0.2, 0.25) is 0 Å². The van der Waals surface area contributed by atoms with Gasteiger partial charge in [0.15, 0.2) is 6.86 Å². The highest BCUT2D eigenvalue weighted by molar-refractivity contribution is 5.55. The number of rotatable bonds is 4. The van der Waals surface area contributed by atoms with Crippen LogP contribution in [0.25, 0.3) is 0 Å². The van der Waals surface area contributed by atoms with Gasteiger partial charge in [0, 0.05) is 0 Å². The summed E-state index contributed by atoms with van der Waals surface area (Å²) in [7, 11) is 0. The van der Waals surface area contributed by atoms with Gasteiger partial charge in [-0.3, -0.25) is 4.89 Å². The predicted molar refractivity (Wildman–Crippen MR) is 27.1 cm³/mol. The largest absolute Gasteiger partial charge is 0.538 e. The summed E-state index contributed by atoms with van der Waals surface area (Å²) >= 11 is 0. The first-order chi connectivity index (χ1) is 5.88. The molecule has 9 heteroatoms. The van der Waals surface area contributed by atoms with Gasteiger partial charge in [0.05, 0.1) is 0 Å². The Balaban J connectivity index is 4.02. The molecule has 78 valence electrons. The Bertz CT molecular complexity index is 168. The van der Waals surface area contributed by atoms with E-state index in [2.05, 4.69) is 14.5 Å². The molecule has 0 amide bonds. The molecule has 0 spiro atoms. The third-order valence-electron chi connectivity index (χ3n) is 0.688. The Morgan fingerprint density at radius 1 is 1.46 bits per heavy atom. The maximum Gasteiger partial charge on any atom is 0.538 e. The summed E-state index contributed by atoms with van der Waals surface area (Å²) in [6, 6.07) is 0. The van der Waals surface area contributed by atoms with E-state index in [-0.39, 0.29) is 0 Å². The van der Waals surface area contributed by atoms with Gasteiger partial charge in [0.2, 0.25) is 0 Å². The minimum absolute atomic E-state index is 1.78. The fourth-order valence-corrected chi connectivity index (χ4v) is 0.319. The average Bonchev–Trinajstić information content (AvgIpc) is 1.95. The Morgan fingerprint density at radius 2 is 2.00 bits per heavy atom. The van der Waals surface area contributed by atoms with Gasteiger partial charge in [-0.1, -0.05) is 0 Å². The number of halogens is 4. The molecule has 0 aliphatic rings. The van der Waals surface area contributed by atoms with Gasteiger partial charge < -0.3 is 9.84 Å². The van der Waals surface area contributed by atoms with Crippen LogP contribution in [-0.2, 0) is 14.5 Å². The fraction of sp³-hybridized carbons (Fsp3) is 0.750. The van der Waals surface area contributed by atoms with Crippen molar-refractivity contribution in [1.29, 1.82) is 0 Å². The molecule has 0 rings (SSSR count). The van der Waals surface area contributed by atoms with E-state index >= 15 is 0 Å². The molecule has 0 radical (unpaired) electrons. The van der Waals surface area contributed by atoms with E-state index in [1.807, 2.05) is 0 Å². The molecule has 0 aliphatic heterocycles. The number of hydrogen-bond donors (Lipinski definition) is 1. The number of alkyl halides is 4. The molecule has 1 unspecified atom stereocenters. The van der Waals surface area contributed by atoms with Crippen molar-refractivity contribution in [2.45, 2.75) is 12.5 Å². The maximum absolute atomic E-state index is 11.7. The van der Waals surface area contributed by atoms with Crippen molar-refractivity contribution in [2.75, 3.05) is 6.86 Å². The summed E-state index contributed by atoms with van der Waals surface area (Å²) in [5, 5.41) is 7.73. The Morgan fingerprint density at radius 3 is 2.31 bits per heavy atom. The summed E-state index contributed by atoms with van der Waals surface area (Å²) in [5.74, 6) is 0. The second-order valence-corrected chi connectivity index (χ2v) is 1.59. The van der Waals surface area contributed by atoms with Crippen LogP contribution in [-0.4, -0.2) is 30.6 Å². The van der Waals surface area contributed by atoms with E-state index in [4.69, 9.17) is 5.11 Å². The van der Waals surface area contributed by atoms with Crippen LogP contribution < -0.4 is 0 Å². The van der Waals surface area contributed by atoms with E-state index in [1.54, 1.807) is 0 Å². The molecule has 0 saturated heterocycles. The smallest absolute Gasteiger partial charge is 0.448 e. The van der Waals surface area contributed by atoms with Crippen LogP contribution in [0.1, 0.15) is 0 Å². The second kappa shape index (κ2) is 4.82. The normalized spacial score (nSPS) is 13.8. The number of carbonyl (C=O) groups is 1. The standard InChI is InChI=1S/C4H4F4O5/c5-1-11-2(4(6,7)8)12-13-3(9)10/h2H,1H2,(H,9,10). The van der Waals surface area contributed by atoms with Gasteiger partial charge in [-0.2, -0.15) is 13.2 Å². The highest BCUT2D eigenvalue weighted by Gasteiger charge is 2.44. The molecule has 0 aromatic heterocycles. The topological polar surface area (TPSA) is 65.0 Å². The second-order valence-electron chi connectivity index (χ2n) is 1.59. The molecule has 0 bridgehead atoms. The summed E-state index contributed by atoms with van der Waals surface area (Å²) in [6.07, 6.45) is -10.2. The zero-order chi connectivity index (χ0) is 10.5. The lowest BCUT2D eigenvalue weighted by Gasteiger charge is -2.16. The maximum atomic E-state index is 11.7. The molecule has 13 heavy (non-hydrogen) atoms. The summed E-state index contributed by atoms with van der Waals surface area (Å²) in [4.78, 5) is 15.9. The minimum atomic E-state index is -5.07. The van der Waals surface area contributed by atoms with Gasteiger partial charge in [0.1, 0.15) is 0 Å². The van der Waals surface area contributed by atoms with Crippen molar-refractivity contribution in [3.8, 4) is 0 Å². The van der Waals surface area contributed by atoms with Gasteiger partial charge in [0.25, 0.3) is 0 Å². The molecular formula is C4H4F4O5. The van der Waals surface area contributed by atoms with Crippen LogP contribution in [0.5, 0.6) is 0 Å². The van der Waals surface area contributed by atoms with Crippen LogP contribution in [0.15, 0.2) is 0 Å². The highest BCUT2D eigenvalue weighted by Crippen LogP contribution is 2.23. The minimum Gasteiger partial charge on any atom is -0.448 e. The van der Waals surface area contributed by atoms with Gasteiger partial charge in [-0.15, -0.1) is 4.89 Å². The Hall–Kier alpha value is -1.09. The molecule has 0 aromatic rings. The third-order valence-corrected chi connectivity index (χ3v) is 0.688. The average molecular weight is 208 g/mol. The van der Waals surface area contributed by atoms with Crippen LogP contribution in [0.3, 0.4) is 0 Å². The number of hydrogen-bond acceptors (Lipinski definition) is 4. The lowest BCUT2D eigenvalue weighted by molar-refractivity contribution is -0.420. The molecule has 5 nitrogen and oxygen atoms in total. The molecule has 1 N–H and O–H groups in total. The van der Waals surface area contributed by atoms with Crippen molar-refractivity contribution in [1.82, 2.24) is 0 Å². The van der Waals surface area contributed by atoms with Crippen molar-refractivity contribution < 1.29 is 42.0 Å². The third kappa shape index (κ3) is 5.20. The first kappa shape index (κ1) is 11.9. The molecule has 0 heterocycles. The van der Waals surface area contributed by atoms with Crippen LogP contribution in [0.4, 0.5) is 22.4 Å². The molecule has 0 fully saturated rings. The van der Waals surface area contributed by atoms with Crippen molar-refractivity contribution in [3.05, 3.63) is 0 Å². The van der Waals surface area contributed by atoms with E-state index in [0.29, 0.717) is 0 Å². The van der Waals surface area contributed by atoms with E-state index in [1.165, 1.54) is 0 Å². The monoisotopic (exact) mass is 208 g/mol. The lowest BCUT2D eigenvalue weighted by Crippen LogP contribution is -2.34. The zero-order valence-corrected chi connectivity index (χ0v) is 5.88. The summed E-state index contributed by atoms with van der Waals surface area (Å²) in [5.41, 5.74) is 0. The summed E-state index contributed by atoms with van der Waals surface area (Å²) in [6.45, 7) is -1.78. The van der Waals surface area contributed by atoms with E-state index < -0.39 is 25.5 Å². The summed E-state index contributed by atoms with van der Waals surface area (Å²) < 4.78 is 49.7. The zero-order valence-electron chi connectivity index (χ0n) is 5.88. The Kier molecular flexibility index (Phi) is 4.42. The predicted octanol–water partition coefficient (Wildman–Crippen LogP) is 1.44. The molecule has 0 aromatic carbocycles. The van der Waals surface area contributed by atoms with Gasteiger partial charge >= 0.3 is 18.6 Å². The van der Waals surface area contributed by atoms with Crippen LogP contribution in [0, 0.1) is 0 Å². The van der Waals surface area contributed by atoms with Crippen molar-refractivity contribution in [3.63, 3.8) is 0 Å². The first-order valence-electron chi connectivity index (χ1n) is 2.68. The SMILES string of the molecule is O=C(O)OOC(OCF)C(F)(F)F. The van der Waals surface area contributed by atoms with E-state index in [0.717, 1.165) is 0 Å². The quantitative estimate of drug-likeness (QED) is 0.327. The van der Waals surface area contributed by atoms with Gasteiger partial charge in [-0.05, 0) is 0 Å². The number of carboxylic acid groups (broad SMARTS) is 1. The van der Waals surface area contributed by atoms with E-state index in [9.17, 15) is 22.4 Å². The van der Waals surface area contributed by atoms with Crippen molar-refractivity contribution >= 4 is 6.16 Å². The fourth-order valence-electron chi connectivity index (χ4n) is 0.319. The van der Waals surface area contributed by atoms with Crippen molar-refractivity contribution in [2.24, 2.45) is 0 Å². The molecular weight excluding hydrogens is 204 g/mol. The number of ether oxygens (including phenoxy) is 1. The first-order valence-corrected chi connectivity index (χ1v) is 2.68. The highest BCUT2D eigenvalue weighted by atomic mass is 19.4. The van der Waals surface area contributed by atoms with Crippen LogP contribution >= 0.6 is 0 Å². The molecule has 0 aliphatic carbocycles. The Labute approximate surface area is 68.7 Å².